The molecule has 0 N–H and O–H groups in total. The maximum absolute atomic E-state index is 6.75. The van der Waals surface area contributed by atoms with Crippen molar-refractivity contribution in [3.05, 3.63) is 223 Å². The quantitative estimate of drug-likeness (QED) is 0.155. The summed E-state index contributed by atoms with van der Waals surface area (Å²) in [5.41, 5.74) is 20.3. The second-order valence-corrected chi connectivity index (χ2v) is 27.5. The van der Waals surface area contributed by atoms with E-state index in [4.69, 9.17) is 8.83 Å². The van der Waals surface area contributed by atoms with Gasteiger partial charge in [0.1, 0.15) is 22.7 Å². The molecule has 6 heterocycles. The Morgan fingerprint density at radius 1 is 0.358 bits per heavy atom. The van der Waals surface area contributed by atoms with Crippen LogP contribution in [0.15, 0.2) is 215 Å². The zero-order valence-electron chi connectivity index (χ0n) is 47.2. The number of furan rings is 2. The average molecular weight is 1090 g/mol. The molecule has 13 aromatic rings. The van der Waals surface area contributed by atoms with E-state index >= 15 is 0 Å². The van der Waals surface area contributed by atoms with Crippen LogP contribution in [0.4, 0.5) is 34.1 Å². The van der Waals surface area contributed by atoms with Gasteiger partial charge in [-0.2, -0.15) is 0 Å². The van der Waals surface area contributed by atoms with E-state index in [9.17, 15) is 0 Å². The van der Waals surface area contributed by atoms with Crippen molar-refractivity contribution < 1.29 is 8.83 Å². The molecule has 0 amide bonds. The smallest absolute Gasteiger partial charge is 0.277 e. The lowest BCUT2D eigenvalue weighted by Gasteiger charge is -2.44. The van der Waals surface area contributed by atoms with Gasteiger partial charge in [0.15, 0.2) is 0 Å². The molecule has 7 heteroatoms. The number of anilines is 6. The topological polar surface area (TPSA) is 32.8 Å². The summed E-state index contributed by atoms with van der Waals surface area (Å²) in [5.74, 6) is 1.69. The van der Waals surface area contributed by atoms with E-state index in [0.717, 1.165) is 78.2 Å². The van der Waals surface area contributed by atoms with Crippen LogP contribution in [0.3, 0.4) is 0 Å². The van der Waals surface area contributed by atoms with Crippen molar-refractivity contribution in [3.8, 4) is 44.9 Å². The van der Waals surface area contributed by atoms with E-state index in [1.54, 1.807) is 0 Å². The van der Waals surface area contributed by atoms with Crippen LogP contribution in [0.2, 0.25) is 0 Å². The first-order chi connectivity index (χ1) is 39.0. The van der Waals surface area contributed by atoms with Gasteiger partial charge in [-0.1, -0.05) is 196 Å². The zero-order valence-corrected chi connectivity index (χ0v) is 48.9. The fourth-order valence-electron chi connectivity index (χ4n) is 12.5. The van der Waals surface area contributed by atoms with Crippen molar-refractivity contribution >= 4 is 121 Å². The first-order valence-electron chi connectivity index (χ1n) is 28.3. The van der Waals surface area contributed by atoms with E-state index in [0.29, 0.717) is 0 Å². The van der Waals surface area contributed by atoms with Crippen LogP contribution in [0, 0.1) is 0 Å². The second-order valence-electron chi connectivity index (χ2n) is 25.3. The third kappa shape index (κ3) is 8.06. The molecular weight excluding hydrogens is 1020 g/mol. The van der Waals surface area contributed by atoms with Crippen LogP contribution in [0.5, 0.6) is 0 Å². The number of nitrogens with zero attached hydrogens (tertiary/aromatic N) is 2. The lowest BCUT2D eigenvalue weighted by Crippen LogP contribution is -2.59. The summed E-state index contributed by atoms with van der Waals surface area (Å²) in [6.07, 6.45) is 0. The third-order valence-electron chi connectivity index (χ3n) is 16.9. The predicted octanol–water partition coefficient (Wildman–Crippen LogP) is 20.3. The summed E-state index contributed by atoms with van der Waals surface area (Å²) in [5, 5.41) is 4.72. The Morgan fingerprint density at radius 3 is 1.17 bits per heavy atom. The lowest BCUT2D eigenvalue weighted by molar-refractivity contribution is 0.590. The average Bonchev–Trinajstić information content (AvgIpc) is 3.64. The molecule has 0 radical (unpaired) electrons. The van der Waals surface area contributed by atoms with Crippen LogP contribution in [0.25, 0.3) is 87.0 Å². The summed E-state index contributed by atoms with van der Waals surface area (Å²) >= 11 is 3.93. The minimum absolute atomic E-state index is 0.0779. The molecule has 0 fully saturated rings. The lowest BCUT2D eigenvalue weighted by atomic mass is 9.39. The van der Waals surface area contributed by atoms with Gasteiger partial charge < -0.3 is 18.6 Å². The molecule has 0 bridgehead atoms. The van der Waals surface area contributed by atoms with Crippen LogP contribution in [-0.4, -0.2) is 6.71 Å². The Bertz CT molecular complexity index is 4320. The molecule has 0 atom stereocenters. The fourth-order valence-corrected chi connectivity index (χ4v) is 15.2. The van der Waals surface area contributed by atoms with Gasteiger partial charge in [-0.25, -0.2) is 0 Å². The summed E-state index contributed by atoms with van der Waals surface area (Å²) in [7, 11) is 0. The third-order valence-corrected chi connectivity index (χ3v) is 19.4. The highest BCUT2D eigenvalue weighted by molar-refractivity contribution is 7.40. The minimum Gasteiger partial charge on any atom is -0.456 e. The predicted molar refractivity (Wildman–Crippen MR) is 349 cm³/mol. The number of hydrogen-bond acceptors (Lipinski definition) is 6. The van der Waals surface area contributed by atoms with Crippen molar-refractivity contribution in [2.75, 3.05) is 9.80 Å². The molecule has 0 aliphatic carbocycles. The first-order valence-corrected chi connectivity index (χ1v) is 30.0. The highest BCUT2D eigenvalue weighted by Gasteiger charge is 2.48. The Kier molecular flexibility index (Phi) is 11.1. The largest absolute Gasteiger partial charge is 0.456 e. The Morgan fingerprint density at radius 2 is 0.765 bits per heavy atom. The normalized spacial score (nSPS) is 13.4. The number of thiophene rings is 2. The maximum Gasteiger partial charge on any atom is 0.277 e. The summed E-state index contributed by atoms with van der Waals surface area (Å²) in [6.45, 7) is 21.1. The molecule has 2 aliphatic heterocycles. The number of hydrogen-bond donors (Lipinski definition) is 0. The van der Waals surface area contributed by atoms with E-state index in [2.05, 4.69) is 278 Å². The van der Waals surface area contributed by atoms with E-state index in [1.165, 1.54) is 74.6 Å². The molecule has 2 aliphatic rings. The summed E-state index contributed by atoms with van der Waals surface area (Å²) in [4.78, 5) is 5.35. The maximum atomic E-state index is 6.75. The summed E-state index contributed by atoms with van der Waals surface area (Å²) < 4.78 is 18.8. The van der Waals surface area contributed by atoms with Crippen LogP contribution in [0.1, 0.15) is 79.0 Å². The van der Waals surface area contributed by atoms with Crippen LogP contribution >= 0.6 is 22.7 Å². The molecular formula is C74H61BN2O2S2. The highest BCUT2D eigenvalue weighted by atomic mass is 32.1. The Hall–Kier alpha value is -8.36. The molecule has 0 saturated heterocycles. The fraction of sp³-hybridized carbons (Fsp3) is 0.162. The molecule has 394 valence electrons. The zero-order chi connectivity index (χ0) is 55.3. The molecule has 9 aromatic carbocycles. The molecule has 4 nitrogen and oxygen atoms in total. The van der Waals surface area contributed by atoms with Crippen molar-refractivity contribution in [2.24, 2.45) is 0 Å². The van der Waals surface area contributed by atoms with Gasteiger partial charge >= 0.3 is 0 Å². The monoisotopic (exact) mass is 1080 g/mol. The molecule has 81 heavy (non-hydrogen) atoms. The number of benzene rings is 9. The van der Waals surface area contributed by atoms with Crippen molar-refractivity contribution in [2.45, 2.75) is 78.6 Å². The van der Waals surface area contributed by atoms with E-state index in [1.807, 2.05) is 22.7 Å². The van der Waals surface area contributed by atoms with Gasteiger partial charge in [0.05, 0.1) is 22.7 Å². The molecule has 4 aromatic heterocycles. The first kappa shape index (κ1) is 49.7. The number of para-hydroxylation sites is 2. The standard InChI is InChI=1S/C74H61BN2O2S2/c1-72(2,3)50-30-34-65-55(40-50)68-70(80-65)75-67-59(76(68)57-36-48(28-32-53(57)44-20-12-10-13-21-44)63-38-46-24-16-18-26-61(46)78-63)42-52(74(7,8)9)43-60(67)77(69-56-41-51(73(4,5)6)31-35-66(56)81-71(69)75)58-37-49(29-33-54(58)45-22-14-11-15-23-45)64-39-47-25-17-19-27-62(47)79-64/h10-43H,1-9H3. The summed E-state index contributed by atoms with van der Waals surface area (Å²) in [6, 6.07) is 76.6. The van der Waals surface area contributed by atoms with Crippen molar-refractivity contribution in [3.63, 3.8) is 0 Å². The van der Waals surface area contributed by atoms with E-state index < -0.39 is 0 Å². The second kappa shape index (κ2) is 18.1. The Labute approximate surface area is 482 Å². The SMILES string of the molecule is CC(C)(C)c1cc2c3c(c1)N(c1cc(-c4cc5ccccc5o4)ccc1-c1ccccc1)c1c(sc4ccc(C(C)(C)C)cc14)B3c1sc3ccc(C(C)(C)C)cc3c1N2c1cc(-c2cc3ccccc3o2)ccc1-c1ccccc1. The van der Waals surface area contributed by atoms with Gasteiger partial charge in [0, 0.05) is 74.1 Å². The van der Waals surface area contributed by atoms with Crippen LogP contribution in [-0.2, 0) is 16.2 Å². The van der Waals surface area contributed by atoms with Gasteiger partial charge in [-0.15, -0.1) is 22.7 Å². The van der Waals surface area contributed by atoms with Gasteiger partial charge in [-0.3, -0.25) is 0 Å². The number of fused-ring (bicyclic) bond motifs is 10. The number of rotatable bonds is 6. The van der Waals surface area contributed by atoms with Gasteiger partial charge in [0.25, 0.3) is 6.71 Å². The van der Waals surface area contributed by atoms with Crippen molar-refractivity contribution in [1.82, 2.24) is 0 Å². The van der Waals surface area contributed by atoms with Gasteiger partial charge in [-0.05, 0) is 122 Å². The highest BCUT2D eigenvalue weighted by Crippen LogP contribution is 2.55. The molecule has 0 saturated carbocycles. The minimum atomic E-state index is -0.248. The molecule has 0 unspecified atom stereocenters. The van der Waals surface area contributed by atoms with Gasteiger partial charge in [0.2, 0.25) is 0 Å². The van der Waals surface area contributed by atoms with Crippen LogP contribution < -0.4 is 24.8 Å². The van der Waals surface area contributed by atoms with Crippen molar-refractivity contribution in [1.29, 1.82) is 0 Å². The van der Waals surface area contributed by atoms with E-state index in [-0.39, 0.29) is 23.0 Å². The Balaban J connectivity index is 1.11. The molecule has 15 rings (SSSR count). The molecule has 0 spiro atoms.